The third kappa shape index (κ3) is 1.38. The van der Waals surface area contributed by atoms with Gasteiger partial charge in [0.05, 0.1) is 0 Å². The van der Waals surface area contributed by atoms with Crippen molar-refractivity contribution in [3.05, 3.63) is 35.4 Å². The molecule has 0 aromatic heterocycles. The standard InChI is InChI=1S/C14H13FO2/c15-11-7-3-6-10-12(11)14(17)9-5-2-1-4-8(9)13(10)16/h1-2,4-5,11,16-17H,3,6-7H2. The molecule has 2 N–H and O–H groups in total. The highest BCUT2D eigenvalue weighted by atomic mass is 19.1. The molecule has 17 heavy (non-hydrogen) atoms. The highest BCUT2D eigenvalue weighted by molar-refractivity contribution is 5.95. The molecule has 1 atom stereocenters. The number of fused-ring (bicyclic) bond motifs is 2. The molecule has 2 aromatic rings. The summed E-state index contributed by atoms with van der Waals surface area (Å²) in [4.78, 5) is 0. The average molecular weight is 232 g/mol. The number of alkyl halides is 1. The van der Waals surface area contributed by atoms with Gasteiger partial charge in [0.15, 0.2) is 0 Å². The van der Waals surface area contributed by atoms with Crippen LogP contribution in [0.15, 0.2) is 24.3 Å². The smallest absolute Gasteiger partial charge is 0.130 e. The zero-order valence-corrected chi connectivity index (χ0v) is 9.28. The lowest BCUT2D eigenvalue weighted by Gasteiger charge is -2.23. The van der Waals surface area contributed by atoms with E-state index in [1.54, 1.807) is 24.3 Å². The minimum absolute atomic E-state index is 0.0133. The number of aromatic hydroxyl groups is 2. The van der Waals surface area contributed by atoms with E-state index < -0.39 is 6.17 Å². The molecule has 0 spiro atoms. The summed E-state index contributed by atoms with van der Waals surface area (Å²) < 4.78 is 13.9. The second kappa shape index (κ2) is 3.62. The summed E-state index contributed by atoms with van der Waals surface area (Å²) >= 11 is 0. The Morgan fingerprint density at radius 1 is 1.06 bits per heavy atom. The molecule has 3 heteroatoms. The molecule has 0 saturated carbocycles. The highest BCUT2D eigenvalue weighted by Crippen LogP contribution is 2.47. The van der Waals surface area contributed by atoms with Crippen molar-refractivity contribution in [3.63, 3.8) is 0 Å². The van der Waals surface area contributed by atoms with Crippen LogP contribution in [0.3, 0.4) is 0 Å². The number of phenolic OH excluding ortho intramolecular Hbond substituents is 2. The van der Waals surface area contributed by atoms with Gasteiger partial charge in [0, 0.05) is 21.9 Å². The van der Waals surface area contributed by atoms with Gasteiger partial charge in [-0.25, -0.2) is 4.39 Å². The summed E-state index contributed by atoms with van der Waals surface area (Å²) in [5, 5.41) is 21.4. The molecule has 0 aliphatic heterocycles. The van der Waals surface area contributed by atoms with Gasteiger partial charge in [-0.15, -0.1) is 0 Å². The van der Waals surface area contributed by atoms with Crippen molar-refractivity contribution < 1.29 is 14.6 Å². The first-order valence-electron chi connectivity index (χ1n) is 5.79. The van der Waals surface area contributed by atoms with E-state index in [1.807, 2.05) is 0 Å². The Morgan fingerprint density at radius 3 is 2.41 bits per heavy atom. The Morgan fingerprint density at radius 2 is 1.71 bits per heavy atom. The molecular weight excluding hydrogens is 219 g/mol. The fourth-order valence-corrected chi connectivity index (χ4v) is 2.67. The van der Waals surface area contributed by atoms with Crippen molar-refractivity contribution in [3.8, 4) is 11.5 Å². The first kappa shape index (κ1) is 10.4. The van der Waals surface area contributed by atoms with Gasteiger partial charge in [0.2, 0.25) is 0 Å². The Hall–Kier alpha value is -1.77. The first-order valence-corrected chi connectivity index (χ1v) is 5.79. The molecule has 1 unspecified atom stereocenters. The van der Waals surface area contributed by atoms with Crippen molar-refractivity contribution in [1.82, 2.24) is 0 Å². The predicted molar refractivity (Wildman–Crippen MR) is 64.1 cm³/mol. The lowest BCUT2D eigenvalue weighted by atomic mass is 9.86. The molecule has 1 aliphatic rings. The third-order valence-electron chi connectivity index (χ3n) is 3.50. The van der Waals surface area contributed by atoms with E-state index in [0.717, 1.165) is 0 Å². The molecule has 2 nitrogen and oxygen atoms in total. The second-order valence-corrected chi connectivity index (χ2v) is 4.49. The van der Waals surface area contributed by atoms with Gasteiger partial charge in [-0.1, -0.05) is 24.3 Å². The normalized spacial score (nSPS) is 19.2. The van der Waals surface area contributed by atoms with Crippen molar-refractivity contribution in [2.45, 2.75) is 25.4 Å². The van der Waals surface area contributed by atoms with E-state index in [4.69, 9.17) is 0 Å². The fraction of sp³-hybridized carbons (Fsp3) is 0.286. The number of phenols is 2. The van der Waals surface area contributed by atoms with Crippen LogP contribution in [0.2, 0.25) is 0 Å². The summed E-state index contributed by atoms with van der Waals surface area (Å²) in [6, 6.07) is 7.01. The summed E-state index contributed by atoms with van der Waals surface area (Å²) in [6.45, 7) is 0. The predicted octanol–water partition coefficient (Wildman–Crippen LogP) is 3.60. The van der Waals surface area contributed by atoms with Crippen LogP contribution >= 0.6 is 0 Å². The van der Waals surface area contributed by atoms with Crippen molar-refractivity contribution in [1.29, 1.82) is 0 Å². The van der Waals surface area contributed by atoms with E-state index in [1.165, 1.54) is 0 Å². The van der Waals surface area contributed by atoms with Gasteiger partial charge in [-0.05, 0) is 19.3 Å². The largest absolute Gasteiger partial charge is 0.507 e. The monoisotopic (exact) mass is 232 g/mol. The fourth-order valence-electron chi connectivity index (χ4n) is 2.67. The van der Waals surface area contributed by atoms with Crippen molar-refractivity contribution in [2.24, 2.45) is 0 Å². The zero-order valence-electron chi connectivity index (χ0n) is 9.28. The number of hydrogen-bond donors (Lipinski definition) is 2. The topological polar surface area (TPSA) is 40.5 Å². The van der Waals surface area contributed by atoms with Crippen LogP contribution in [0.1, 0.15) is 30.1 Å². The van der Waals surface area contributed by atoms with Crippen LogP contribution < -0.4 is 0 Å². The highest BCUT2D eigenvalue weighted by Gasteiger charge is 2.27. The average Bonchev–Trinajstić information content (AvgIpc) is 2.36. The summed E-state index contributed by atoms with van der Waals surface area (Å²) in [5.41, 5.74) is 0.854. The second-order valence-electron chi connectivity index (χ2n) is 4.49. The van der Waals surface area contributed by atoms with Crippen LogP contribution in [-0.4, -0.2) is 10.2 Å². The van der Waals surface area contributed by atoms with Crippen molar-refractivity contribution >= 4 is 10.8 Å². The quantitative estimate of drug-likeness (QED) is 0.681. The molecule has 0 amide bonds. The maximum atomic E-state index is 13.9. The van der Waals surface area contributed by atoms with E-state index in [0.29, 0.717) is 35.6 Å². The maximum Gasteiger partial charge on any atom is 0.130 e. The molecule has 0 saturated heterocycles. The van der Waals surface area contributed by atoms with Crippen LogP contribution in [0.4, 0.5) is 4.39 Å². The lowest BCUT2D eigenvalue weighted by molar-refractivity contribution is 0.289. The van der Waals surface area contributed by atoms with Gasteiger partial charge in [-0.2, -0.15) is 0 Å². The van der Waals surface area contributed by atoms with E-state index in [2.05, 4.69) is 0 Å². The molecule has 0 heterocycles. The summed E-state index contributed by atoms with van der Waals surface area (Å²) in [7, 11) is 0. The van der Waals surface area contributed by atoms with Crippen LogP contribution in [0.25, 0.3) is 10.8 Å². The summed E-state index contributed by atoms with van der Waals surface area (Å²) in [6.07, 6.45) is 0.576. The molecule has 88 valence electrons. The van der Waals surface area contributed by atoms with Gasteiger partial charge in [0.1, 0.15) is 17.7 Å². The molecule has 0 radical (unpaired) electrons. The van der Waals surface area contributed by atoms with Gasteiger partial charge in [0.25, 0.3) is 0 Å². The Balaban J connectivity index is 2.44. The van der Waals surface area contributed by atoms with Crippen LogP contribution in [-0.2, 0) is 6.42 Å². The Kier molecular flexibility index (Phi) is 2.21. The molecule has 0 bridgehead atoms. The van der Waals surface area contributed by atoms with Crippen LogP contribution in [0, 0.1) is 0 Å². The van der Waals surface area contributed by atoms with E-state index >= 15 is 0 Å². The first-order chi connectivity index (χ1) is 8.20. The van der Waals surface area contributed by atoms with E-state index in [9.17, 15) is 14.6 Å². The van der Waals surface area contributed by atoms with Gasteiger partial charge >= 0.3 is 0 Å². The molecule has 2 aromatic carbocycles. The molecule has 0 fully saturated rings. The van der Waals surface area contributed by atoms with Gasteiger partial charge < -0.3 is 10.2 Å². The van der Waals surface area contributed by atoms with Crippen molar-refractivity contribution in [2.75, 3.05) is 0 Å². The zero-order chi connectivity index (χ0) is 12.0. The van der Waals surface area contributed by atoms with Gasteiger partial charge in [-0.3, -0.25) is 0 Å². The number of halogens is 1. The molecule has 3 rings (SSSR count). The number of benzene rings is 2. The number of rotatable bonds is 0. The SMILES string of the molecule is Oc1c2c(c(O)c3ccccc13)C(F)CCC2. The Bertz CT molecular complexity index is 592. The minimum Gasteiger partial charge on any atom is -0.507 e. The Labute approximate surface area is 98.3 Å². The summed E-state index contributed by atoms with van der Waals surface area (Å²) in [5.74, 6) is 0.108. The minimum atomic E-state index is -1.17. The molecular formula is C14H13FO2. The van der Waals surface area contributed by atoms with E-state index in [-0.39, 0.29) is 17.1 Å². The number of hydrogen-bond acceptors (Lipinski definition) is 2. The van der Waals surface area contributed by atoms with Crippen LogP contribution in [0.5, 0.6) is 11.5 Å². The third-order valence-corrected chi connectivity index (χ3v) is 3.50. The molecule has 1 aliphatic carbocycles. The maximum absolute atomic E-state index is 13.9. The lowest BCUT2D eigenvalue weighted by Crippen LogP contribution is -2.07.